The molecule has 88 valence electrons. The molecule has 1 rings (SSSR count). The van der Waals surface area contributed by atoms with E-state index < -0.39 is 11.8 Å². The van der Waals surface area contributed by atoms with E-state index in [-0.39, 0.29) is 12.4 Å². The lowest BCUT2D eigenvalue weighted by molar-refractivity contribution is -0.138. The highest BCUT2D eigenvalue weighted by molar-refractivity contribution is 5.75. The first-order valence-corrected chi connectivity index (χ1v) is 4.87. The summed E-state index contributed by atoms with van der Waals surface area (Å²) in [5, 5.41) is 0. The van der Waals surface area contributed by atoms with Crippen LogP contribution in [0.2, 0.25) is 0 Å². The molecule has 0 atom stereocenters. The van der Waals surface area contributed by atoms with Crippen molar-refractivity contribution in [1.82, 2.24) is 9.97 Å². The Labute approximate surface area is 93.3 Å². The molecule has 0 bridgehead atoms. The highest BCUT2D eigenvalue weighted by Crippen LogP contribution is 2.16. The molecule has 0 aromatic carbocycles. The summed E-state index contributed by atoms with van der Waals surface area (Å²) in [5.74, 6) is -0.827. The fourth-order valence-electron chi connectivity index (χ4n) is 1.24. The van der Waals surface area contributed by atoms with Crippen molar-refractivity contribution in [3.8, 4) is 0 Å². The number of carbonyl (C=O) groups excluding carboxylic acids is 1. The Morgan fingerprint density at radius 1 is 1.56 bits per heavy atom. The van der Waals surface area contributed by atoms with Gasteiger partial charge in [0.25, 0.3) is 0 Å². The van der Waals surface area contributed by atoms with Crippen molar-refractivity contribution in [3.05, 3.63) is 17.8 Å². The summed E-state index contributed by atoms with van der Waals surface area (Å²) < 4.78 is 18.3. The number of rotatable bonds is 4. The Morgan fingerprint density at radius 2 is 2.25 bits per heavy atom. The van der Waals surface area contributed by atoms with E-state index in [9.17, 15) is 9.18 Å². The van der Waals surface area contributed by atoms with E-state index in [0.717, 1.165) is 0 Å². The van der Waals surface area contributed by atoms with E-state index in [0.29, 0.717) is 12.1 Å². The molecule has 16 heavy (non-hydrogen) atoms. The number of ether oxygens (including phenoxy) is 1. The number of aryl methyl sites for hydroxylation is 1. The average molecular weight is 227 g/mol. The maximum Gasteiger partial charge on any atom is 0.325 e. The Balaban J connectivity index is 2.91. The zero-order valence-electron chi connectivity index (χ0n) is 9.53. The van der Waals surface area contributed by atoms with Gasteiger partial charge in [0, 0.05) is 7.05 Å². The van der Waals surface area contributed by atoms with Crippen LogP contribution in [0.3, 0.4) is 0 Å². The van der Waals surface area contributed by atoms with E-state index in [4.69, 9.17) is 0 Å². The van der Waals surface area contributed by atoms with Gasteiger partial charge in [-0.1, -0.05) is 6.92 Å². The van der Waals surface area contributed by atoms with Gasteiger partial charge in [-0.2, -0.15) is 0 Å². The Hall–Kier alpha value is -1.72. The molecule has 0 radical (unpaired) electrons. The molecule has 0 saturated carbocycles. The monoisotopic (exact) mass is 227 g/mol. The van der Waals surface area contributed by atoms with Crippen LogP contribution < -0.4 is 4.90 Å². The SMILES string of the molecule is CCc1ncnc(N(C)CC(=O)OC)c1F. The predicted octanol–water partition coefficient (Wildman–Crippen LogP) is 0.787. The second-order valence-electron chi connectivity index (χ2n) is 3.24. The standard InChI is InChI=1S/C10H14FN3O2/c1-4-7-9(11)10(13-6-12-7)14(2)5-8(15)16-3/h6H,4-5H2,1-3H3. The summed E-state index contributed by atoms with van der Waals surface area (Å²) in [6.07, 6.45) is 1.76. The molecule has 0 aliphatic rings. The van der Waals surface area contributed by atoms with Crippen LogP contribution in [0, 0.1) is 5.82 Å². The van der Waals surface area contributed by atoms with Gasteiger partial charge in [-0.05, 0) is 6.42 Å². The first kappa shape index (κ1) is 12.4. The van der Waals surface area contributed by atoms with Crippen molar-refractivity contribution in [2.75, 3.05) is 25.6 Å². The number of carbonyl (C=O) groups is 1. The largest absolute Gasteiger partial charge is 0.468 e. The van der Waals surface area contributed by atoms with Crippen LogP contribution in [0.5, 0.6) is 0 Å². The number of halogens is 1. The third kappa shape index (κ3) is 2.65. The van der Waals surface area contributed by atoms with Gasteiger partial charge in [-0.15, -0.1) is 0 Å². The molecule has 1 aromatic heterocycles. The molecular formula is C10H14FN3O2. The lowest BCUT2D eigenvalue weighted by Crippen LogP contribution is -2.28. The van der Waals surface area contributed by atoms with E-state index in [2.05, 4.69) is 14.7 Å². The van der Waals surface area contributed by atoms with Gasteiger partial charge in [0.2, 0.25) is 0 Å². The van der Waals surface area contributed by atoms with Crippen molar-refractivity contribution in [1.29, 1.82) is 0 Å². The molecule has 0 N–H and O–H groups in total. The van der Waals surface area contributed by atoms with Crippen molar-refractivity contribution in [2.24, 2.45) is 0 Å². The van der Waals surface area contributed by atoms with Gasteiger partial charge in [-0.25, -0.2) is 14.4 Å². The summed E-state index contributed by atoms with van der Waals surface area (Å²) in [6.45, 7) is 1.75. The van der Waals surface area contributed by atoms with E-state index in [1.54, 1.807) is 14.0 Å². The van der Waals surface area contributed by atoms with E-state index >= 15 is 0 Å². The van der Waals surface area contributed by atoms with Crippen LogP contribution in [0.4, 0.5) is 10.2 Å². The topological polar surface area (TPSA) is 55.3 Å². The Kier molecular flexibility index (Phi) is 4.16. The van der Waals surface area contributed by atoms with Crippen LogP contribution in [0.15, 0.2) is 6.33 Å². The molecule has 0 fully saturated rings. The molecular weight excluding hydrogens is 213 g/mol. The maximum atomic E-state index is 13.8. The average Bonchev–Trinajstić information content (AvgIpc) is 2.29. The minimum absolute atomic E-state index is 0.0480. The van der Waals surface area contributed by atoms with Crippen molar-refractivity contribution < 1.29 is 13.9 Å². The molecule has 0 unspecified atom stereocenters. The number of methoxy groups -OCH3 is 1. The van der Waals surface area contributed by atoms with Crippen LogP contribution >= 0.6 is 0 Å². The van der Waals surface area contributed by atoms with Crippen molar-refractivity contribution >= 4 is 11.8 Å². The second kappa shape index (κ2) is 5.39. The second-order valence-corrected chi connectivity index (χ2v) is 3.24. The van der Waals surface area contributed by atoms with Gasteiger partial charge in [0.1, 0.15) is 12.9 Å². The lowest BCUT2D eigenvalue weighted by atomic mass is 10.3. The molecule has 0 aliphatic carbocycles. The number of esters is 1. The minimum Gasteiger partial charge on any atom is -0.468 e. The summed E-state index contributed by atoms with van der Waals surface area (Å²) in [5.41, 5.74) is 0.335. The first-order chi connectivity index (χ1) is 7.60. The molecule has 6 heteroatoms. The van der Waals surface area contributed by atoms with Crippen LogP contribution in [0.1, 0.15) is 12.6 Å². The summed E-state index contributed by atoms with van der Waals surface area (Å²) >= 11 is 0. The molecule has 0 saturated heterocycles. The number of nitrogens with zero attached hydrogens (tertiary/aromatic N) is 3. The summed E-state index contributed by atoms with van der Waals surface area (Å²) in [7, 11) is 2.85. The zero-order valence-corrected chi connectivity index (χ0v) is 9.53. The fourth-order valence-corrected chi connectivity index (χ4v) is 1.24. The molecule has 1 heterocycles. The number of anilines is 1. The lowest BCUT2D eigenvalue weighted by Gasteiger charge is -2.17. The molecule has 5 nitrogen and oxygen atoms in total. The van der Waals surface area contributed by atoms with Crippen molar-refractivity contribution in [3.63, 3.8) is 0 Å². The third-order valence-electron chi connectivity index (χ3n) is 2.13. The highest BCUT2D eigenvalue weighted by Gasteiger charge is 2.15. The zero-order chi connectivity index (χ0) is 12.1. The predicted molar refractivity (Wildman–Crippen MR) is 56.7 cm³/mol. The maximum absolute atomic E-state index is 13.8. The van der Waals surface area contributed by atoms with E-state index in [1.165, 1.54) is 18.3 Å². The Morgan fingerprint density at radius 3 is 2.81 bits per heavy atom. The van der Waals surface area contributed by atoms with Gasteiger partial charge >= 0.3 is 5.97 Å². The Bertz CT molecular complexity index is 384. The third-order valence-corrected chi connectivity index (χ3v) is 2.13. The number of aromatic nitrogens is 2. The number of likely N-dealkylation sites (N-methyl/N-ethyl adjacent to an activating group) is 1. The smallest absolute Gasteiger partial charge is 0.325 e. The van der Waals surface area contributed by atoms with Crippen molar-refractivity contribution in [2.45, 2.75) is 13.3 Å². The molecule has 0 spiro atoms. The van der Waals surface area contributed by atoms with Crippen LogP contribution in [-0.2, 0) is 16.0 Å². The van der Waals surface area contributed by atoms with Crippen LogP contribution in [-0.4, -0.2) is 36.6 Å². The van der Waals surface area contributed by atoms with E-state index in [1.807, 2.05) is 0 Å². The van der Waals surface area contributed by atoms with Gasteiger partial charge in [-0.3, -0.25) is 4.79 Å². The van der Waals surface area contributed by atoms with Gasteiger partial charge in [0.05, 0.1) is 12.8 Å². The van der Waals surface area contributed by atoms with Crippen LogP contribution in [0.25, 0.3) is 0 Å². The highest BCUT2D eigenvalue weighted by atomic mass is 19.1. The number of hydrogen-bond acceptors (Lipinski definition) is 5. The van der Waals surface area contributed by atoms with Gasteiger partial charge < -0.3 is 9.64 Å². The fraction of sp³-hybridized carbons (Fsp3) is 0.500. The van der Waals surface area contributed by atoms with Gasteiger partial charge in [0.15, 0.2) is 11.6 Å². The first-order valence-electron chi connectivity index (χ1n) is 4.87. The summed E-state index contributed by atoms with van der Waals surface area (Å²) in [6, 6.07) is 0. The molecule has 1 aromatic rings. The molecule has 0 amide bonds. The molecule has 0 aliphatic heterocycles. The minimum atomic E-state index is -0.489. The normalized spacial score (nSPS) is 10.0. The summed E-state index contributed by atoms with van der Waals surface area (Å²) in [4.78, 5) is 20.0. The quantitative estimate of drug-likeness (QED) is 0.712. The number of hydrogen-bond donors (Lipinski definition) is 0.